The molecule has 1 fully saturated rings. The zero-order valence-electron chi connectivity index (χ0n) is 19.3. The number of aryl methyl sites for hydroxylation is 1. The molecule has 1 aliphatic heterocycles. The third-order valence-electron chi connectivity index (χ3n) is 5.66. The fourth-order valence-corrected chi connectivity index (χ4v) is 3.92. The number of nitrogens with zero attached hydrogens (tertiary/aromatic N) is 2. The Kier molecular flexibility index (Phi) is 7.51. The third kappa shape index (κ3) is 5.87. The average molecular weight is 437 g/mol. The van der Waals surface area contributed by atoms with Gasteiger partial charge in [-0.3, -0.25) is 14.4 Å². The molecule has 1 atom stereocenters. The summed E-state index contributed by atoms with van der Waals surface area (Å²) in [6.07, 6.45) is 2.22. The van der Waals surface area contributed by atoms with Crippen LogP contribution in [0.5, 0.6) is 0 Å². The van der Waals surface area contributed by atoms with Crippen molar-refractivity contribution in [3.8, 4) is 0 Å². The summed E-state index contributed by atoms with van der Waals surface area (Å²) in [4.78, 5) is 40.7. The van der Waals surface area contributed by atoms with Gasteiger partial charge in [-0.2, -0.15) is 0 Å². The van der Waals surface area contributed by atoms with Gasteiger partial charge >= 0.3 is 0 Å². The molecule has 7 nitrogen and oxygen atoms in total. The molecule has 1 aliphatic rings. The number of nitrogens with one attached hydrogen (secondary N) is 2. The van der Waals surface area contributed by atoms with Crippen molar-refractivity contribution in [1.82, 2.24) is 9.80 Å². The first-order valence-corrected chi connectivity index (χ1v) is 11.0. The molecule has 7 heteroatoms. The van der Waals surface area contributed by atoms with Crippen LogP contribution in [0.1, 0.15) is 46.0 Å². The maximum absolute atomic E-state index is 12.8. The number of amides is 3. The summed E-state index contributed by atoms with van der Waals surface area (Å²) in [6, 6.07) is 12.4. The summed E-state index contributed by atoms with van der Waals surface area (Å²) in [5.41, 5.74) is 3.47. The molecule has 1 unspecified atom stereocenters. The Labute approximate surface area is 189 Å². The second kappa shape index (κ2) is 10.3. The van der Waals surface area contributed by atoms with Crippen LogP contribution in [0, 0.1) is 12.8 Å². The van der Waals surface area contributed by atoms with Crippen molar-refractivity contribution in [2.24, 2.45) is 5.92 Å². The van der Waals surface area contributed by atoms with E-state index in [1.54, 1.807) is 38.4 Å². The quantitative estimate of drug-likeness (QED) is 0.725. The highest BCUT2D eigenvalue weighted by Crippen LogP contribution is 2.21. The van der Waals surface area contributed by atoms with Gasteiger partial charge in [0.15, 0.2) is 0 Å². The highest BCUT2D eigenvalue weighted by atomic mass is 16.2. The SMILES string of the molecule is Cc1cc(C(=O)N2CCCC(C)C2)ccc1NCC(=O)Nc1cccc(C(=O)N(C)C)c1. The molecule has 2 aromatic carbocycles. The molecular weight excluding hydrogens is 404 g/mol. The van der Waals surface area contributed by atoms with E-state index in [9.17, 15) is 14.4 Å². The molecule has 0 radical (unpaired) electrons. The van der Waals surface area contributed by atoms with Gasteiger partial charge in [0.2, 0.25) is 5.91 Å². The van der Waals surface area contributed by atoms with Crippen molar-refractivity contribution < 1.29 is 14.4 Å². The Morgan fingerprint density at radius 3 is 2.56 bits per heavy atom. The third-order valence-corrected chi connectivity index (χ3v) is 5.66. The van der Waals surface area contributed by atoms with Crippen LogP contribution < -0.4 is 10.6 Å². The van der Waals surface area contributed by atoms with E-state index in [4.69, 9.17) is 0 Å². The van der Waals surface area contributed by atoms with E-state index in [0.717, 1.165) is 30.8 Å². The monoisotopic (exact) mass is 436 g/mol. The van der Waals surface area contributed by atoms with Crippen LogP contribution >= 0.6 is 0 Å². The molecular formula is C25H32N4O3. The van der Waals surface area contributed by atoms with Crippen molar-refractivity contribution in [3.63, 3.8) is 0 Å². The lowest BCUT2D eigenvalue weighted by Crippen LogP contribution is -2.39. The minimum Gasteiger partial charge on any atom is -0.376 e. The summed E-state index contributed by atoms with van der Waals surface area (Å²) in [7, 11) is 3.37. The highest BCUT2D eigenvalue weighted by molar-refractivity contribution is 5.98. The molecule has 3 rings (SSSR count). The van der Waals surface area contributed by atoms with E-state index in [0.29, 0.717) is 22.7 Å². The number of carbonyl (C=O) groups is 3. The van der Waals surface area contributed by atoms with E-state index in [1.165, 1.54) is 11.3 Å². The minimum absolute atomic E-state index is 0.0658. The standard InChI is InChI=1S/C25H32N4O3/c1-17-7-6-12-29(16-17)25(32)20-10-11-22(18(2)13-20)26-15-23(30)27-21-9-5-8-19(14-21)24(31)28(3)4/h5,8-11,13-14,17,26H,6-7,12,15-16H2,1-4H3,(H,27,30). The lowest BCUT2D eigenvalue weighted by molar-refractivity contribution is -0.114. The molecule has 1 heterocycles. The number of hydrogen-bond donors (Lipinski definition) is 2. The first kappa shape index (κ1) is 23.3. The molecule has 0 saturated carbocycles. The van der Waals surface area contributed by atoms with Gasteiger partial charge in [0.1, 0.15) is 0 Å². The number of piperidine rings is 1. The summed E-state index contributed by atoms with van der Waals surface area (Å²) in [6.45, 7) is 5.79. The van der Waals surface area contributed by atoms with Crippen LogP contribution in [0.2, 0.25) is 0 Å². The largest absolute Gasteiger partial charge is 0.376 e. The molecule has 0 aromatic heterocycles. The van der Waals surface area contributed by atoms with Crippen LogP contribution in [0.4, 0.5) is 11.4 Å². The normalized spacial score (nSPS) is 15.8. The maximum Gasteiger partial charge on any atom is 0.253 e. The molecule has 2 N–H and O–H groups in total. The van der Waals surface area contributed by atoms with Crippen LogP contribution in [0.15, 0.2) is 42.5 Å². The first-order valence-electron chi connectivity index (χ1n) is 11.0. The zero-order valence-corrected chi connectivity index (χ0v) is 19.3. The van der Waals surface area contributed by atoms with Crippen molar-refractivity contribution in [2.45, 2.75) is 26.7 Å². The lowest BCUT2D eigenvalue weighted by atomic mass is 9.99. The maximum atomic E-state index is 12.8. The Hall–Kier alpha value is -3.35. The van der Waals surface area contributed by atoms with Gasteiger partial charge < -0.3 is 20.4 Å². The summed E-state index contributed by atoms with van der Waals surface area (Å²) < 4.78 is 0. The topological polar surface area (TPSA) is 81.8 Å². The van der Waals surface area contributed by atoms with Gasteiger partial charge in [-0.1, -0.05) is 13.0 Å². The number of carbonyl (C=O) groups excluding carboxylic acids is 3. The zero-order chi connectivity index (χ0) is 23.3. The van der Waals surface area contributed by atoms with E-state index >= 15 is 0 Å². The lowest BCUT2D eigenvalue weighted by Gasteiger charge is -2.31. The van der Waals surface area contributed by atoms with Crippen molar-refractivity contribution >= 4 is 29.1 Å². The fourth-order valence-electron chi connectivity index (χ4n) is 3.92. The molecule has 3 amide bonds. The fraction of sp³-hybridized carbons (Fsp3) is 0.400. The summed E-state index contributed by atoms with van der Waals surface area (Å²) >= 11 is 0. The van der Waals surface area contributed by atoms with E-state index < -0.39 is 0 Å². The molecule has 170 valence electrons. The number of likely N-dealkylation sites (tertiary alicyclic amines) is 1. The van der Waals surface area contributed by atoms with Crippen LogP contribution in [0.25, 0.3) is 0 Å². The Morgan fingerprint density at radius 2 is 1.88 bits per heavy atom. The second-order valence-electron chi connectivity index (χ2n) is 8.71. The van der Waals surface area contributed by atoms with Crippen LogP contribution in [-0.4, -0.2) is 61.3 Å². The smallest absolute Gasteiger partial charge is 0.253 e. The Morgan fingerprint density at radius 1 is 1.09 bits per heavy atom. The van der Waals surface area contributed by atoms with Gasteiger partial charge in [0, 0.05) is 49.7 Å². The van der Waals surface area contributed by atoms with Crippen LogP contribution in [0.3, 0.4) is 0 Å². The number of benzene rings is 2. The number of rotatable bonds is 6. The van der Waals surface area contributed by atoms with Gasteiger partial charge in [0.25, 0.3) is 11.8 Å². The average Bonchev–Trinajstić information content (AvgIpc) is 2.77. The van der Waals surface area contributed by atoms with Gasteiger partial charge in [-0.15, -0.1) is 0 Å². The van der Waals surface area contributed by atoms with E-state index in [-0.39, 0.29) is 24.3 Å². The number of hydrogen-bond acceptors (Lipinski definition) is 4. The minimum atomic E-state index is -0.221. The molecule has 1 saturated heterocycles. The molecule has 0 aliphatic carbocycles. The van der Waals surface area contributed by atoms with Crippen molar-refractivity contribution in [1.29, 1.82) is 0 Å². The highest BCUT2D eigenvalue weighted by Gasteiger charge is 2.22. The number of anilines is 2. The van der Waals surface area contributed by atoms with Crippen molar-refractivity contribution in [2.75, 3.05) is 44.4 Å². The van der Waals surface area contributed by atoms with Gasteiger partial charge in [-0.05, 0) is 67.6 Å². The first-order chi connectivity index (χ1) is 15.2. The summed E-state index contributed by atoms with van der Waals surface area (Å²) in [5, 5.41) is 5.94. The Balaban J connectivity index is 1.57. The summed E-state index contributed by atoms with van der Waals surface area (Å²) in [5.74, 6) is 0.260. The molecule has 0 spiro atoms. The Bertz CT molecular complexity index is 1000. The van der Waals surface area contributed by atoms with Crippen LogP contribution in [-0.2, 0) is 4.79 Å². The predicted molar refractivity (Wildman–Crippen MR) is 127 cm³/mol. The van der Waals surface area contributed by atoms with Gasteiger partial charge in [0.05, 0.1) is 6.54 Å². The molecule has 32 heavy (non-hydrogen) atoms. The van der Waals surface area contributed by atoms with Crippen molar-refractivity contribution in [3.05, 3.63) is 59.2 Å². The second-order valence-corrected chi connectivity index (χ2v) is 8.71. The van der Waals surface area contributed by atoms with E-state index in [1.807, 2.05) is 30.0 Å². The molecule has 0 bridgehead atoms. The predicted octanol–water partition coefficient (Wildman–Crippen LogP) is 3.62. The van der Waals surface area contributed by atoms with E-state index in [2.05, 4.69) is 17.6 Å². The molecule has 2 aromatic rings. The van der Waals surface area contributed by atoms with Gasteiger partial charge in [-0.25, -0.2) is 0 Å².